The molecule has 0 spiro atoms. The van der Waals surface area contributed by atoms with Crippen LogP contribution in [0.15, 0.2) is 24.3 Å². The average Bonchev–Trinajstić information content (AvgIpc) is 3.11. The molecule has 0 bridgehead atoms. The highest BCUT2D eigenvalue weighted by atomic mass is 16.6. The fourth-order valence-corrected chi connectivity index (χ4v) is 5.24. The van der Waals surface area contributed by atoms with Gasteiger partial charge in [-0.25, -0.2) is 4.79 Å². The molecule has 0 saturated carbocycles. The maximum absolute atomic E-state index is 13.8. The van der Waals surface area contributed by atoms with Gasteiger partial charge in [-0.05, 0) is 49.7 Å². The van der Waals surface area contributed by atoms with Gasteiger partial charge in [-0.3, -0.25) is 14.9 Å². The molecule has 2 aliphatic rings. The largest absolute Gasteiger partial charge is 0.464 e. The zero-order chi connectivity index (χ0) is 23.6. The van der Waals surface area contributed by atoms with Crippen LogP contribution >= 0.6 is 0 Å². The Morgan fingerprint density at radius 3 is 2.47 bits per heavy atom. The molecule has 8 nitrogen and oxygen atoms in total. The number of rotatable bonds is 5. The highest BCUT2D eigenvalue weighted by molar-refractivity contribution is 5.89. The minimum atomic E-state index is -1.15. The van der Waals surface area contributed by atoms with Crippen molar-refractivity contribution < 1.29 is 24.0 Å². The maximum atomic E-state index is 13.8. The van der Waals surface area contributed by atoms with E-state index in [9.17, 15) is 19.7 Å². The van der Waals surface area contributed by atoms with Gasteiger partial charge >= 0.3 is 5.97 Å². The molecule has 2 fully saturated rings. The topological polar surface area (TPSA) is 99.0 Å². The number of carbonyl (C=O) groups is 2. The summed E-state index contributed by atoms with van der Waals surface area (Å²) < 4.78 is 11.1. The number of ether oxygens (including phenoxy) is 2. The summed E-state index contributed by atoms with van der Waals surface area (Å²) in [6, 6.07) is 4.24. The number of amides is 1. The Balaban J connectivity index is 2.23. The highest BCUT2D eigenvalue weighted by Gasteiger charge is 2.64. The van der Waals surface area contributed by atoms with E-state index in [4.69, 9.17) is 9.47 Å². The number of benzene rings is 1. The number of esters is 1. The molecule has 2 aliphatic heterocycles. The smallest absolute Gasteiger partial charge is 0.329 e. The standard InChI is InChI=1S/C24H34N2O6/c1-6-31-23(28)21-18(24(3,4)5)20(26(29)30)19(16-12-8-7-11-15(16)2)25(21)22(27)17-13-9-10-14-32-17/h7-8,11-12,17-21H,6,9-10,13-14H2,1-5H3/t17-,18-,19-,20-,21-/m0/s1. The molecule has 2 heterocycles. The van der Waals surface area contributed by atoms with Crippen molar-refractivity contribution in [3.63, 3.8) is 0 Å². The van der Waals surface area contributed by atoms with E-state index < -0.39 is 41.5 Å². The van der Waals surface area contributed by atoms with Crippen LogP contribution in [0.1, 0.15) is 64.1 Å². The van der Waals surface area contributed by atoms with Crippen LogP contribution in [0.2, 0.25) is 0 Å². The lowest BCUT2D eigenvalue weighted by atomic mass is 9.72. The van der Waals surface area contributed by atoms with Gasteiger partial charge in [-0.15, -0.1) is 0 Å². The van der Waals surface area contributed by atoms with Crippen LogP contribution in [0.4, 0.5) is 0 Å². The summed E-state index contributed by atoms with van der Waals surface area (Å²) in [4.78, 5) is 40.7. The predicted octanol–water partition coefficient (Wildman–Crippen LogP) is 3.69. The molecule has 0 aromatic heterocycles. The number of hydrogen-bond donors (Lipinski definition) is 0. The van der Waals surface area contributed by atoms with Crippen molar-refractivity contribution in [2.24, 2.45) is 11.3 Å². The van der Waals surface area contributed by atoms with E-state index in [2.05, 4.69) is 0 Å². The first-order valence-corrected chi connectivity index (χ1v) is 11.4. The number of nitrogens with zero attached hydrogens (tertiary/aromatic N) is 2. The Kier molecular flexibility index (Phi) is 7.22. The molecule has 1 amide bonds. The molecule has 2 saturated heterocycles. The molecular weight excluding hydrogens is 412 g/mol. The van der Waals surface area contributed by atoms with Crippen LogP contribution in [-0.2, 0) is 19.1 Å². The molecule has 0 radical (unpaired) electrons. The van der Waals surface area contributed by atoms with Crippen molar-refractivity contribution >= 4 is 11.9 Å². The molecule has 0 aliphatic carbocycles. The first-order chi connectivity index (χ1) is 15.1. The number of likely N-dealkylation sites (tertiary alicyclic amines) is 1. The Bertz CT molecular complexity index is 858. The molecule has 176 valence electrons. The molecular formula is C24H34N2O6. The van der Waals surface area contributed by atoms with Crippen molar-refractivity contribution in [1.82, 2.24) is 4.90 Å². The van der Waals surface area contributed by atoms with Crippen LogP contribution in [0.5, 0.6) is 0 Å². The first-order valence-electron chi connectivity index (χ1n) is 11.4. The molecule has 0 unspecified atom stereocenters. The van der Waals surface area contributed by atoms with Gasteiger partial charge < -0.3 is 14.4 Å². The molecule has 0 N–H and O–H groups in total. The lowest BCUT2D eigenvalue weighted by Gasteiger charge is -2.35. The van der Waals surface area contributed by atoms with Gasteiger partial charge in [0, 0.05) is 11.5 Å². The number of nitro groups is 1. The second-order valence-corrected chi connectivity index (χ2v) is 9.77. The number of aryl methyl sites for hydroxylation is 1. The van der Waals surface area contributed by atoms with Gasteiger partial charge in [0.25, 0.3) is 5.91 Å². The van der Waals surface area contributed by atoms with Crippen molar-refractivity contribution in [2.45, 2.75) is 78.1 Å². The summed E-state index contributed by atoms with van der Waals surface area (Å²) in [6.07, 6.45) is 1.53. The molecule has 32 heavy (non-hydrogen) atoms. The van der Waals surface area contributed by atoms with Crippen molar-refractivity contribution in [2.75, 3.05) is 13.2 Å². The summed E-state index contributed by atoms with van der Waals surface area (Å²) >= 11 is 0. The van der Waals surface area contributed by atoms with E-state index in [0.717, 1.165) is 18.4 Å². The molecule has 5 atom stereocenters. The van der Waals surface area contributed by atoms with Gasteiger partial charge in [-0.2, -0.15) is 0 Å². The number of hydrogen-bond acceptors (Lipinski definition) is 6. The average molecular weight is 447 g/mol. The van der Waals surface area contributed by atoms with Gasteiger partial charge in [-0.1, -0.05) is 45.0 Å². The van der Waals surface area contributed by atoms with Gasteiger partial charge in [0.1, 0.15) is 18.2 Å². The molecule has 1 aromatic rings. The summed E-state index contributed by atoms with van der Waals surface area (Å²) in [7, 11) is 0. The van der Waals surface area contributed by atoms with Crippen LogP contribution in [0.3, 0.4) is 0 Å². The fraction of sp³-hybridized carbons (Fsp3) is 0.667. The molecule has 3 rings (SSSR count). The lowest BCUT2D eigenvalue weighted by molar-refractivity contribution is -0.536. The molecule has 1 aromatic carbocycles. The quantitative estimate of drug-likeness (QED) is 0.389. The second kappa shape index (κ2) is 9.57. The highest BCUT2D eigenvalue weighted by Crippen LogP contribution is 2.50. The molecule has 8 heteroatoms. The van der Waals surface area contributed by atoms with Gasteiger partial charge in [0.2, 0.25) is 6.04 Å². The van der Waals surface area contributed by atoms with E-state index >= 15 is 0 Å². The summed E-state index contributed by atoms with van der Waals surface area (Å²) in [6.45, 7) is 9.78. The Labute approximate surface area is 189 Å². The third kappa shape index (κ3) is 4.51. The van der Waals surface area contributed by atoms with E-state index in [1.807, 2.05) is 52.0 Å². The normalized spacial score (nSPS) is 28.4. The third-order valence-electron chi connectivity index (χ3n) is 6.62. The third-order valence-corrected chi connectivity index (χ3v) is 6.62. The lowest BCUT2D eigenvalue weighted by Crippen LogP contribution is -2.51. The predicted molar refractivity (Wildman–Crippen MR) is 119 cm³/mol. The van der Waals surface area contributed by atoms with Crippen molar-refractivity contribution in [3.8, 4) is 0 Å². The van der Waals surface area contributed by atoms with E-state index in [0.29, 0.717) is 18.6 Å². The maximum Gasteiger partial charge on any atom is 0.329 e. The monoisotopic (exact) mass is 446 g/mol. The fourth-order valence-electron chi connectivity index (χ4n) is 5.24. The Morgan fingerprint density at radius 2 is 1.94 bits per heavy atom. The summed E-state index contributed by atoms with van der Waals surface area (Å²) in [5.41, 5.74) is 0.890. The SMILES string of the molecule is CCOC(=O)[C@@H]1[C@@H](C(C)(C)C)[C@H]([N+](=O)[O-])[C@H](c2ccccc2C)N1C(=O)[C@@H]1CCCCO1. The van der Waals surface area contributed by atoms with Crippen LogP contribution in [0, 0.1) is 28.4 Å². The van der Waals surface area contributed by atoms with Crippen molar-refractivity contribution in [3.05, 3.63) is 45.5 Å². The summed E-state index contributed by atoms with van der Waals surface area (Å²) in [5, 5.41) is 12.5. The van der Waals surface area contributed by atoms with E-state index in [1.54, 1.807) is 6.92 Å². The van der Waals surface area contributed by atoms with Crippen LogP contribution in [-0.4, -0.2) is 53.1 Å². The minimum Gasteiger partial charge on any atom is -0.464 e. The van der Waals surface area contributed by atoms with Crippen molar-refractivity contribution in [1.29, 1.82) is 0 Å². The first kappa shape index (κ1) is 24.2. The van der Waals surface area contributed by atoms with Gasteiger partial charge in [0.15, 0.2) is 0 Å². The summed E-state index contributed by atoms with van der Waals surface area (Å²) in [5.74, 6) is -1.69. The Morgan fingerprint density at radius 1 is 1.25 bits per heavy atom. The minimum absolute atomic E-state index is 0.131. The van der Waals surface area contributed by atoms with E-state index in [-0.39, 0.29) is 17.4 Å². The van der Waals surface area contributed by atoms with E-state index in [1.165, 1.54) is 4.90 Å². The zero-order valence-corrected chi connectivity index (χ0v) is 19.6. The van der Waals surface area contributed by atoms with Gasteiger partial charge in [0.05, 0.1) is 12.5 Å². The number of carbonyl (C=O) groups excluding carboxylic acids is 2. The second-order valence-electron chi connectivity index (χ2n) is 9.77. The Hall–Kier alpha value is -2.48. The zero-order valence-electron chi connectivity index (χ0n) is 19.6. The van der Waals surface area contributed by atoms with Crippen LogP contribution in [0.25, 0.3) is 0 Å². The van der Waals surface area contributed by atoms with Crippen LogP contribution < -0.4 is 0 Å².